The van der Waals surface area contributed by atoms with E-state index in [2.05, 4.69) is 22.3 Å². The van der Waals surface area contributed by atoms with Gasteiger partial charge in [0.05, 0.1) is 52.5 Å². The number of carbonyl (C=O) groups is 1. The number of nitrogens with zero attached hydrogens (tertiary/aromatic N) is 5. The van der Waals surface area contributed by atoms with Gasteiger partial charge in [-0.1, -0.05) is 6.07 Å². The monoisotopic (exact) mass is 432 g/mol. The van der Waals surface area contributed by atoms with Gasteiger partial charge in [0.25, 0.3) is 5.91 Å². The maximum Gasteiger partial charge on any atom is 0.255 e. The normalized spacial score (nSPS) is 20.1. The number of aliphatic hydroxyl groups excluding tert-OH is 1. The SMILES string of the molecule is C[C@H]1CC[C@H](O)CN1c1ccn(-c2cc(-c3c(F)cccc3C#N)nc3c2C(=O)NC3)n1. The van der Waals surface area contributed by atoms with Crippen molar-refractivity contribution >= 4 is 11.7 Å². The van der Waals surface area contributed by atoms with Gasteiger partial charge in [-0.15, -0.1) is 0 Å². The molecule has 0 saturated carbocycles. The number of β-amino-alcohol motifs (C(OH)–C–C–N with tert-alkyl or cyclic N) is 1. The van der Waals surface area contributed by atoms with Gasteiger partial charge in [0.15, 0.2) is 5.82 Å². The Balaban J connectivity index is 1.64. The van der Waals surface area contributed by atoms with Gasteiger partial charge in [-0.3, -0.25) is 4.79 Å². The zero-order valence-electron chi connectivity index (χ0n) is 17.4. The molecule has 1 saturated heterocycles. The number of hydrogen-bond donors (Lipinski definition) is 2. The maximum atomic E-state index is 14.7. The summed E-state index contributed by atoms with van der Waals surface area (Å²) in [6, 6.07) is 9.95. The minimum absolute atomic E-state index is 0.0959. The molecule has 2 aromatic heterocycles. The Morgan fingerprint density at radius 3 is 2.94 bits per heavy atom. The number of aliphatic hydroxyl groups is 1. The predicted molar refractivity (Wildman–Crippen MR) is 115 cm³/mol. The third-order valence-corrected chi connectivity index (χ3v) is 6.08. The summed E-state index contributed by atoms with van der Waals surface area (Å²) < 4.78 is 16.3. The molecule has 162 valence electrons. The largest absolute Gasteiger partial charge is 0.391 e. The zero-order valence-corrected chi connectivity index (χ0v) is 17.4. The van der Waals surface area contributed by atoms with Crippen LogP contribution in [0.2, 0.25) is 0 Å². The fourth-order valence-corrected chi connectivity index (χ4v) is 4.41. The first-order valence-corrected chi connectivity index (χ1v) is 10.5. The van der Waals surface area contributed by atoms with Crippen molar-refractivity contribution in [2.45, 2.75) is 38.5 Å². The van der Waals surface area contributed by atoms with Gasteiger partial charge in [0.2, 0.25) is 0 Å². The van der Waals surface area contributed by atoms with Crippen molar-refractivity contribution < 1.29 is 14.3 Å². The Morgan fingerprint density at radius 1 is 1.28 bits per heavy atom. The molecule has 2 aliphatic rings. The first-order chi connectivity index (χ1) is 15.5. The molecule has 2 aliphatic heterocycles. The Morgan fingerprint density at radius 2 is 2.12 bits per heavy atom. The Labute approximate surface area is 183 Å². The molecule has 0 spiro atoms. The highest BCUT2D eigenvalue weighted by atomic mass is 19.1. The Hall–Kier alpha value is -3.77. The standard InChI is InChI=1S/C23H21FN6O2/c1-13-5-6-15(31)12-29(13)20-7-8-30(28-20)19-9-17(27-18-11-26-23(32)22(18)19)21-14(10-25)3-2-4-16(21)24/h2-4,7-9,13,15,31H,5-6,11-12H2,1H3,(H,26,32)/t13-,15-/m0/s1. The number of amides is 1. The number of halogens is 1. The molecular weight excluding hydrogens is 411 g/mol. The van der Waals surface area contributed by atoms with Gasteiger partial charge >= 0.3 is 0 Å². The highest BCUT2D eigenvalue weighted by Gasteiger charge is 2.29. The molecule has 2 atom stereocenters. The molecule has 2 N–H and O–H groups in total. The number of nitriles is 1. The predicted octanol–water partition coefficient (Wildman–Crippen LogP) is 2.54. The van der Waals surface area contributed by atoms with E-state index in [0.717, 1.165) is 12.8 Å². The molecule has 4 heterocycles. The second kappa shape index (κ2) is 7.73. The van der Waals surface area contributed by atoms with Crippen molar-refractivity contribution in [2.24, 2.45) is 0 Å². The summed E-state index contributed by atoms with van der Waals surface area (Å²) in [5, 5.41) is 27.0. The van der Waals surface area contributed by atoms with Crippen molar-refractivity contribution in [3.05, 3.63) is 59.2 Å². The fraction of sp³-hybridized carbons (Fsp3) is 0.304. The van der Waals surface area contributed by atoms with Crippen molar-refractivity contribution in [2.75, 3.05) is 11.4 Å². The second-order valence-electron chi connectivity index (χ2n) is 8.16. The lowest BCUT2D eigenvalue weighted by Gasteiger charge is -2.36. The van der Waals surface area contributed by atoms with Crippen LogP contribution in [0.5, 0.6) is 0 Å². The smallest absolute Gasteiger partial charge is 0.255 e. The lowest BCUT2D eigenvalue weighted by atomic mass is 10.0. The van der Waals surface area contributed by atoms with Crippen LogP contribution in [0.1, 0.15) is 41.4 Å². The summed E-state index contributed by atoms with van der Waals surface area (Å²) in [7, 11) is 0. The van der Waals surface area contributed by atoms with Crippen molar-refractivity contribution in [3.63, 3.8) is 0 Å². The lowest BCUT2D eigenvalue weighted by Crippen LogP contribution is -2.44. The van der Waals surface area contributed by atoms with E-state index in [-0.39, 0.29) is 35.3 Å². The van der Waals surface area contributed by atoms with Crippen molar-refractivity contribution in [3.8, 4) is 23.0 Å². The quantitative estimate of drug-likeness (QED) is 0.659. The Kier molecular flexibility index (Phi) is 4.87. The number of anilines is 1. The van der Waals surface area contributed by atoms with E-state index >= 15 is 0 Å². The molecule has 5 rings (SSSR count). The minimum Gasteiger partial charge on any atom is -0.391 e. The molecule has 32 heavy (non-hydrogen) atoms. The van der Waals surface area contributed by atoms with E-state index in [1.54, 1.807) is 16.9 Å². The average molecular weight is 432 g/mol. The number of fused-ring (bicyclic) bond motifs is 1. The van der Waals surface area contributed by atoms with Gasteiger partial charge in [-0.25, -0.2) is 14.1 Å². The van der Waals surface area contributed by atoms with E-state index in [4.69, 9.17) is 0 Å². The first-order valence-electron chi connectivity index (χ1n) is 10.5. The number of pyridine rings is 1. The van der Waals surface area contributed by atoms with Gasteiger partial charge in [0, 0.05) is 24.8 Å². The third-order valence-electron chi connectivity index (χ3n) is 6.08. The number of aromatic nitrogens is 3. The number of hydrogen-bond acceptors (Lipinski definition) is 6. The molecule has 9 heteroatoms. The first kappa shape index (κ1) is 20.2. The second-order valence-corrected chi connectivity index (χ2v) is 8.16. The maximum absolute atomic E-state index is 14.7. The van der Waals surface area contributed by atoms with Gasteiger partial charge in [0.1, 0.15) is 5.82 Å². The van der Waals surface area contributed by atoms with Crippen LogP contribution in [0.4, 0.5) is 10.2 Å². The third kappa shape index (κ3) is 3.29. The molecular formula is C23H21FN6O2. The molecule has 1 fully saturated rings. The lowest BCUT2D eigenvalue weighted by molar-refractivity contribution is 0.0965. The van der Waals surface area contributed by atoms with Crippen molar-refractivity contribution in [1.82, 2.24) is 20.1 Å². The van der Waals surface area contributed by atoms with Crippen LogP contribution in [0, 0.1) is 17.1 Å². The van der Waals surface area contributed by atoms with Crippen LogP contribution in [0.3, 0.4) is 0 Å². The van der Waals surface area contributed by atoms with Crippen LogP contribution in [0.25, 0.3) is 16.9 Å². The van der Waals surface area contributed by atoms with E-state index in [1.807, 2.05) is 17.0 Å². The number of piperidine rings is 1. The van der Waals surface area contributed by atoms with Crippen LogP contribution < -0.4 is 10.2 Å². The topological polar surface area (TPSA) is 107 Å². The zero-order chi connectivity index (χ0) is 22.4. The summed E-state index contributed by atoms with van der Waals surface area (Å²) in [5.74, 6) is -0.149. The highest BCUT2D eigenvalue weighted by Crippen LogP contribution is 2.32. The van der Waals surface area contributed by atoms with Gasteiger partial charge < -0.3 is 15.3 Å². The van der Waals surface area contributed by atoms with Gasteiger partial charge in [-0.2, -0.15) is 10.4 Å². The summed E-state index contributed by atoms with van der Waals surface area (Å²) in [6.45, 7) is 2.79. The molecule has 3 aromatic rings. The molecule has 0 unspecified atom stereocenters. The summed E-state index contributed by atoms with van der Waals surface area (Å²) >= 11 is 0. The van der Waals surface area contributed by atoms with E-state index in [1.165, 1.54) is 18.2 Å². The highest BCUT2D eigenvalue weighted by molar-refractivity contribution is 6.01. The van der Waals surface area contributed by atoms with Crippen LogP contribution in [-0.4, -0.2) is 44.5 Å². The van der Waals surface area contributed by atoms with Gasteiger partial charge in [-0.05, 0) is 38.0 Å². The van der Waals surface area contributed by atoms with Crippen LogP contribution in [0.15, 0.2) is 36.5 Å². The van der Waals surface area contributed by atoms with Crippen LogP contribution in [-0.2, 0) is 6.54 Å². The number of benzene rings is 1. The van der Waals surface area contributed by atoms with Crippen molar-refractivity contribution in [1.29, 1.82) is 5.26 Å². The number of rotatable bonds is 3. The number of carbonyl (C=O) groups excluding carboxylic acids is 1. The summed E-state index contributed by atoms with van der Waals surface area (Å²) in [6.07, 6.45) is 2.93. The number of nitrogens with one attached hydrogen (secondary N) is 1. The summed E-state index contributed by atoms with van der Waals surface area (Å²) in [5.41, 5.74) is 1.85. The molecule has 0 radical (unpaired) electrons. The molecule has 8 nitrogen and oxygen atoms in total. The van der Waals surface area contributed by atoms with E-state index in [0.29, 0.717) is 29.3 Å². The fourth-order valence-electron chi connectivity index (χ4n) is 4.41. The Bertz CT molecular complexity index is 1260. The summed E-state index contributed by atoms with van der Waals surface area (Å²) in [4.78, 5) is 19.1. The molecule has 0 bridgehead atoms. The van der Waals surface area contributed by atoms with Crippen LogP contribution >= 0.6 is 0 Å². The minimum atomic E-state index is -0.558. The molecule has 0 aliphatic carbocycles. The average Bonchev–Trinajstić information content (AvgIpc) is 3.42. The van der Waals surface area contributed by atoms with E-state index < -0.39 is 11.9 Å². The molecule has 1 aromatic carbocycles. The van der Waals surface area contributed by atoms with E-state index in [9.17, 15) is 19.6 Å². The molecule has 1 amide bonds.